The van der Waals surface area contributed by atoms with Crippen LogP contribution in [0.2, 0.25) is 0 Å². The largest absolute Gasteiger partial charge is 0.370 e. The molecule has 0 aliphatic carbocycles. The molecule has 3 atom stereocenters. The molecule has 2 N–H and O–H groups in total. The Bertz CT molecular complexity index is 905. The summed E-state index contributed by atoms with van der Waals surface area (Å²) in [5.41, 5.74) is 7.37. The molecule has 0 radical (unpaired) electrons. The van der Waals surface area contributed by atoms with E-state index in [-0.39, 0.29) is 18.1 Å². The van der Waals surface area contributed by atoms with Crippen LogP contribution in [0, 0.1) is 11.7 Å². The van der Waals surface area contributed by atoms with Gasteiger partial charge in [0.25, 0.3) is 0 Å². The summed E-state index contributed by atoms with van der Waals surface area (Å²) in [7, 11) is -1.30. The van der Waals surface area contributed by atoms with Crippen LogP contribution in [0.15, 0.2) is 54.6 Å². The first-order valence-corrected chi connectivity index (χ1v) is 12.1. The van der Waals surface area contributed by atoms with Crippen molar-refractivity contribution in [3.05, 3.63) is 71.5 Å². The number of rotatable bonds is 12. The Balaban J connectivity index is 1.47. The van der Waals surface area contributed by atoms with Gasteiger partial charge in [-0.1, -0.05) is 55.3 Å². The van der Waals surface area contributed by atoms with Gasteiger partial charge in [-0.05, 0) is 42.5 Å². The van der Waals surface area contributed by atoms with E-state index in [1.165, 1.54) is 12.1 Å². The van der Waals surface area contributed by atoms with Gasteiger partial charge in [0, 0.05) is 23.8 Å². The molecule has 1 aliphatic heterocycles. The molecule has 3 unspecified atom stereocenters. The van der Waals surface area contributed by atoms with Crippen LogP contribution < -0.4 is 5.73 Å². The van der Waals surface area contributed by atoms with Crippen LogP contribution in [0.1, 0.15) is 43.2 Å². The van der Waals surface area contributed by atoms with Crippen molar-refractivity contribution in [1.29, 1.82) is 0 Å². The number of halogens is 1. The number of likely N-dealkylation sites (tertiary alicyclic amines) is 1. The zero-order valence-electron chi connectivity index (χ0n) is 17.5. The Morgan fingerprint density at radius 1 is 0.968 bits per heavy atom. The summed E-state index contributed by atoms with van der Waals surface area (Å²) in [6.45, 7) is 0.538. The number of aryl methyl sites for hydroxylation is 1. The number of carbonyl (C=O) groups is 2. The van der Waals surface area contributed by atoms with Gasteiger partial charge in [0.1, 0.15) is 11.2 Å². The third-order valence-corrected chi connectivity index (χ3v) is 7.36. The minimum atomic E-state index is -1.30. The van der Waals surface area contributed by atoms with Crippen LogP contribution >= 0.6 is 0 Å². The fourth-order valence-corrected chi connectivity index (χ4v) is 5.77. The average molecular weight is 445 g/mol. The van der Waals surface area contributed by atoms with Gasteiger partial charge in [-0.3, -0.25) is 13.8 Å². The lowest BCUT2D eigenvalue weighted by Crippen LogP contribution is -2.63. The summed E-state index contributed by atoms with van der Waals surface area (Å²) < 4.78 is 25.9. The number of nitrogens with two attached hydrogens (primary N) is 1. The standard InChI is InChI=1S/C24H29FN2O3S/c25-20-13-11-18(12-14-20)8-4-1-2-7-15-27-23(29)21(16-22(26)28)24(27)31(30)17-19-9-5-3-6-10-19/h3,5-6,9-14,21,24H,1-2,4,7-8,15-17H2,(H2,26,28). The third kappa shape index (κ3) is 6.47. The molecular formula is C24H29FN2O3S. The Kier molecular flexibility index (Phi) is 8.35. The molecule has 2 aromatic carbocycles. The van der Waals surface area contributed by atoms with Crippen molar-refractivity contribution in [1.82, 2.24) is 4.90 Å². The highest BCUT2D eigenvalue weighted by Crippen LogP contribution is 2.33. The molecule has 5 nitrogen and oxygen atoms in total. The molecule has 1 aliphatic rings. The summed E-state index contributed by atoms with van der Waals surface area (Å²) in [4.78, 5) is 25.6. The van der Waals surface area contributed by atoms with Crippen molar-refractivity contribution in [3.8, 4) is 0 Å². The Morgan fingerprint density at radius 3 is 2.32 bits per heavy atom. The highest BCUT2D eigenvalue weighted by molar-refractivity contribution is 7.85. The fourth-order valence-electron chi connectivity index (χ4n) is 4.00. The number of unbranched alkanes of at least 4 members (excludes halogenated alkanes) is 3. The fraction of sp³-hybridized carbons (Fsp3) is 0.417. The van der Waals surface area contributed by atoms with E-state index < -0.39 is 28.0 Å². The molecule has 1 saturated heterocycles. The molecule has 2 amide bonds. The number of carbonyl (C=O) groups excluding carboxylic acids is 2. The SMILES string of the molecule is NC(=O)CC1C(=O)N(CCCCCCc2ccc(F)cc2)C1S(=O)Cc1ccccc1. The molecule has 1 heterocycles. The predicted molar refractivity (Wildman–Crippen MR) is 120 cm³/mol. The van der Waals surface area contributed by atoms with Crippen LogP contribution in [-0.2, 0) is 32.6 Å². The first kappa shape index (κ1) is 23.1. The van der Waals surface area contributed by atoms with Gasteiger partial charge < -0.3 is 10.6 Å². The smallest absolute Gasteiger partial charge is 0.230 e. The number of hydrogen-bond acceptors (Lipinski definition) is 3. The van der Waals surface area contributed by atoms with E-state index in [4.69, 9.17) is 5.73 Å². The minimum absolute atomic E-state index is 0.0573. The van der Waals surface area contributed by atoms with Crippen LogP contribution in [0.25, 0.3) is 0 Å². The lowest BCUT2D eigenvalue weighted by Gasteiger charge is -2.46. The molecule has 0 bridgehead atoms. The number of nitrogens with zero attached hydrogens (tertiary/aromatic N) is 1. The molecular weight excluding hydrogens is 415 g/mol. The van der Waals surface area contributed by atoms with Crippen molar-refractivity contribution in [3.63, 3.8) is 0 Å². The van der Waals surface area contributed by atoms with Crippen LogP contribution in [0.5, 0.6) is 0 Å². The summed E-state index contributed by atoms with van der Waals surface area (Å²) in [6.07, 6.45) is 4.60. The first-order valence-electron chi connectivity index (χ1n) is 10.7. The average Bonchev–Trinajstić information content (AvgIpc) is 2.75. The second kappa shape index (κ2) is 11.2. The van der Waals surface area contributed by atoms with Crippen LogP contribution in [0.3, 0.4) is 0 Å². The monoisotopic (exact) mass is 444 g/mol. The zero-order valence-corrected chi connectivity index (χ0v) is 18.4. The second-order valence-electron chi connectivity index (χ2n) is 8.00. The lowest BCUT2D eigenvalue weighted by atomic mass is 9.93. The number of amides is 2. The lowest BCUT2D eigenvalue weighted by molar-refractivity contribution is -0.152. The van der Waals surface area contributed by atoms with E-state index in [1.54, 1.807) is 17.0 Å². The molecule has 1 fully saturated rings. The number of benzene rings is 2. The van der Waals surface area contributed by atoms with E-state index in [2.05, 4.69) is 0 Å². The highest BCUT2D eigenvalue weighted by Gasteiger charge is 2.50. The van der Waals surface area contributed by atoms with Gasteiger partial charge in [-0.25, -0.2) is 4.39 Å². The van der Waals surface area contributed by atoms with Gasteiger partial charge in [0.15, 0.2) is 0 Å². The van der Waals surface area contributed by atoms with Gasteiger partial charge >= 0.3 is 0 Å². The Morgan fingerprint density at radius 2 is 1.65 bits per heavy atom. The van der Waals surface area contributed by atoms with Crippen molar-refractivity contribution >= 4 is 22.6 Å². The van der Waals surface area contributed by atoms with Crippen LogP contribution in [0.4, 0.5) is 4.39 Å². The predicted octanol–water partition coefficient (Wildman–Crippen LogP) is 3.54. The summed E-state index contributed by atoms with van der Waals surface area (Å²) in [5, 5.41) is -0.459. The molecule has 0 spiro atoms. The second-order valence-corrected chi connectivity index (χ2v) is 9.53. The number of β-lactam (4-membered cyclic amide) rings is 1. The minimum Gasteiger partial charge on any atom is -0.370 e. The van der Waals surface area contributed by atoms with Gasteiger partial charge in [0.05, 0.1) is 11.7 Å². The first-order chi connectivity index (χ1) is 15.0. The summed E-state index contributed by atoms with van der Waals surface area (Å²) in [5.74, 6) is -1.13. The molecule has 0 saturated carbocycles. The topological polar surface area (TPSA) is 80.5 Å². The van der Waals surface area contributed by atoms with Gasteiger partial charge in [-0.15, -0.1) is 0 Å². The zero-order chi connectivity index (χ0) is 22.2. The summed E-state index contributed by atoms with van der Waals surface area (Å²) >= 11 is 0. The maximum atomic E-state index is 13.0. The quantitative estimate of drug-likeness (QED) is 0.402. The molecule has 0 aromatic heterocycles. The summed E-state index contributed by atoms with van der Waals surface area (Å²) in [6, 6.07) is 16.1. The highest BCUT2D eigenvalue weighted by atomic mass is 32.2. The molecule has 31 heavy (non-hydrogen) atoms. The number of hydrogen-bond donors (Lipinski definition) is 1. The Hall–Kier alpha value is -2.54. The molecule has 166 valence electrons. The Labute approximate surface area is 185 Å². The molecule has 3 rings (SSSR count). The van der Waals surface area contributed by atoms with E-state index >= 15 is 0 Å². The van der Waals surface area contributed by atoms with Crippen molar-refractivity contribution in [2.24, 2.45) is 11.7 Å². The molecule has 2 aromatic rings. The maximum Gasteiger partial charge on any atom is 0.230 e. The van der Waals surface area contributed by atoms with E-state index in [1.807, 2.05) is 30.3 Å². The normalized spacial score (nSPS) is 19.1. The van der Waals surface area contributed by atoms with Gasteiger partial charge in [-0.2, -0.15) is 0 Å². The number of primary amides is 1. The third-order valence-electron chi connectivity index (χ3n) is 5.62. The van der Waals surface area contributed by atoms with Crippen molar-refractivity contribution < 1.29 is 18.2 Å². The maximum absolute atomic E-state index is 13.0. The van der Waals surface area contributed by atoms with E-state index in [9.17, 15) is 18.2 Å². The van der Waals surface area contributed by atoms with Gasteiger partial charge in [0.2, 0.25) is 11.8 Å². The van der Waals surface area contributed by atoms with E-state index in [0.29, 0.717) is 12.3 Å². The van der Waals surface area contributed by atoms with Crippen molar-refractivity contribution in [2.75, 3.05) is 6.54 Å². The van der Waals surface area contributed by atoms with E-state index in [0.717, 1.165) is 43.2 Å². The molecule has 7 heteroatoms. The van der Waals surface area contributed by atoms with Crippen LogP contribution in [-0.4, -0.2) is 32.8 Å². The van der Waals surface area contributed by atoms with Crippen molar-refractivity contribution in [2.45, 2.75) is 49.7 Å².